The normalized spacial score (nSPS) is 18.3. The van der Waals surface area contributed by atoms with E-state index in [4.69, 9.17) is 10.2 Å². The number of unbranched alkanes of at least 4 members (excludes halogenated alkanes) is 1. The Morgan fingerprint density at radius 1 is 1.39 bits per heavy atom. The molecule has 2 aromatic heterocycles. The van der Waals surface area contributed by atoms with E-state index >= 15 is 0 Å². The lowest BCUT2D eigenvalue weighted by Crippen LogP contribution is -2.71. The number of thioether (sulfide) groups is 1. The zero-order valence-electron chi connectivity index (χ0n) is 18.8. The van der Waals surface area contributed by atoms with Gasteiger partial charge >= 0.3 is 6.03 Å². The van der Waals surface area contributed by atoms with E-state index < -0.39 is 24.1 Å². The van der Waals surface area contributed by atoms with E-state index in [1.807, 2.05) is 6.92 Å². The number of carbonyl (C=O) groups is 3. The summed E-state index contributed by atoms with van der Waals surface area (Å²) in [7, 11) is 0. The summed E-state index contributed by atoms with van der Waals surface area (Å²) in [4.78, 5) is 40.8. The summed E-state index contributed by atoms with van der Waals surface area (Å²) in [5.74, 6) is 0.229. The number of nitrogens with two attached hydrogens (primary N) is 1. The Kier molecular flexibility index (Phi) is 8.28. The first-order valence-corrected chi connectivity index (χ1v) is 11.8. The van der Waals surface area contributed by atoms with Crippen LogP contribution in [0.5, 0.6) is 0 Å². The van der Waals surface area contributed by atoms with E-state index in [0.29, 0.717) is 29.8 Å². The van der Waals surface area contributed by atoms with Crippen molar-refractivity contribution in [2.24, 2.45) is 5.73 Å². The predicted molar refractivity (Wildman–Crippen MR) is 123 cm³/mol. The van der Waals surface area contributed by atoms with Gasteiger partial charge in [0.15, 0.2) is 10.9 Å². The van der Waals surface area contributed by atoms with Crippen molar-refractivity contribution in [2.75, 3.05) is 18.8 Å². The third kappa shape index (κ3) is 5.28. The second-order valence-corrected chi connectivity index (χ2v) is 8.37. The third-order valence-corrected chi connectivity index (χ3v) is 6.24. The van der Waals surface area contributed by atoms with Gasteiger partial charge in [-0.3, -0.25) is 19.5 Å². The molecule has 1 aliphatic rings. The number of nitrogens with one attached hydrogen (secondary N) is 1. The number of allylic oxidation sites excluding steroid dienone is 1. The molecule has 0 aromatic carbocycles. The lowest BCUT2D eigenvalue weighted by Gasteiger charge is -2.42. The number of hydrogen-bond acceptors (Lipinski definition) is 8. The van der Waals surface area contributed by atoms with Crippen LogP contribution in [0, 0.1) is 0 Å². The maximum absolute atomic E-state index is 13.1. The molecule has 0 bridgehead atoms. The van der Waals surface area contributed by atoms with Crippen LogP contribution in [-0.2, 0) is 16.1 Å². The summed E-state index contributed by atoms with van der Waals surface area (Å²) >= 11 is 1.19. The van der Waals surface area contributed by atoms with Crippen molar-refractivity contribution in [3.63, 3.8) is 0 Å². The van der Waals surface area contributed by atoms with Gasteiger partial charge in [-0.05, 0) is 25.5 Å². The molecule has 1 fully saturated rings. The first-order valence-electron chi connectivity index (χ1n) is 10.8. The van der Waals surface area contributed by atoms with Crippen molar-refractivity contribution >= 4 is 29.6 Å². The number of aromatic nitrogens is 3. The van der Waals surface area contributed by atoms with Crippen LogP contribution in [0.15, 0.2) is 40.6 Å². The SMILES string of the molecule is C=CCn1c(SCC(=O)N(CC)C2C(=O)NC(=O)N(CCCC)C2N)nnc1-c1ccco1. The van der Waals surface area contributed by atoms with Crippen molar-refractivity contribution in [3.8, 4) is 11.6 Å². The summed E-state index contributed by atoms with van der Waals surface area (Å²) in [6.07, 6.45) is 3.95. The van der Waals surface area contributed by atoms with Crippen molar-refractivity contribution in [1.82, 2.24) is 29.9 Å². The maximum Gasteiger partial charge on any atom is 0.325 e. The monoisotopic (exact) mass is 475 g/mol. The summed E-state index contributed by atoms with van der Waals surface area (Å²) in [5, 5.41) is 11.2. The molecule has 1 aliphatic heterocycles. The lowest BCUT2D eigenvalue weighted by atomic mass is 10.1. The number of furan rings is 1. The largest absolute Gasteiger partial charge is 0.461 e. The van der Waals surface area contributed by atoms with Crippen LogP contribution in [0.3, 0.4) is 0 Å². The molecule has 3 rings (SSSR count). The van der Waals surface area contributed by atoms with Gasteiger partial charge in [0.05, 0.1) is 12.0 Å². The minimum Gasteiger partial charge on any atom is -0.461 e. The highest BCUT2D eigenvalue weighted by molar-refractivity contribution is 7.99. The van der Waals surface area contributed by atoms with E-state index in [0.717, 1.165) is 12.8 Å². The number of likely N-dealkylation sites (N-methyl/N-ethyl adjacent to an activating group) is 1. The maximum atomic E-state index is 13.1. The Hall–Kier alpha value is -3.12. The van der Waals surface area contributed by atoms with Crippen molar-refractivity contribution in [3.05, 3.63) is 31.1 Å². The fourth-order valence-corrected chi connectivity index (χ4v) is 4.47. The zero-order chi connectivity index (χ0) is 24.0. The van der Waals surface area contributed by atoms with Gasteiger partial charge in [0.1, 0.15) is 12.2 Å². The smallest absolute Gasteiger partial charge is 0.325 e. The molecule has 3 N–H and O–H groups in total. The standard InChI is InChI=1S/C21H29N7O4S/c1-4-7-11-27-17(22)16(19(30)23-20(27)31)26(6-3)15(29)13-33-21-25-24-18(28(21)10-5-2)14-9-8-12-32-14/h5,8-9,12,16-17H,2,4,6-7,10-11,13,22H2,1,3H3,(H,23,30,31). The minimum absolute atomic E-state index is 0.0146. The quantitative estimate of drug-likeness (QED) is 0.369. The van der Waals surface area contributed by atoms with Gasteiger partial charge < -0.3 is 20.0 Å². The molecule has 0 aliphatic carbocycles. The van der Waals surface area contributed by atoms with Crippen LogP contribution in [0.2, 0.25) is 0 Å². The predicted octanol–water partition coefficient (Wildman–Crippen LogP) is 1.67. The van der Waals surface area contributed by atoms with E-state index in [-0.39, 0.29) is 18.2 Å². The fourth-order valence-electron chi connectivity index (χ4n) is 3.63. The lowest BCUT2D eigenvalue weighted by molar-refractivity contribution is -0.142. The number of nitrogens with zero attached hydrogens (tertiary/aromatic N) is 5. The topological polar surface area (TPSA) is 140 Å². The van der Waals surface area contributed by atoms with Crippen LogP contribution in [0.4, 0.5) is 4.79 Å². The van der Waals surface area contributed by atoms with Gasteiger partial charge in [-0.15, -0.1) is 16.8 Å². The summed E-state index contributed by atoms with van der Waals surface area (Å²) in [6, 6.07) is 2.03. The molecular formula is C21H29N7O4S. The number of carbonyl (C=O) groups excluding carboxylic acids is 3. The van der Waals surface area contributed by atoms with Crippen LogP contribution < -0.4 is 11.1 Å². The Bertz CT molecular complexity index is 991. The molecule has 1 saturated heterocycles. The molecule has 4 amide bonds. The molecule has 2 unspecified atom stereocenters. The number of imide groups is 1. The highest BCUT2D eigenvalue weighted by Gasteiger charge is 2.43. The van der Waals surface area contributed by atoms with E-state index in [2.05, 4.69) is 22.1 Å². The highest BCUT2D eigenvalue weighted by Crippen LogP contribution is 2.25. The first kappa shape index (κ1) is 24.5. The molecular weight excluding hydrogens is 446 g/mol. The molecule has 11 nitrogen and oxygen atoms in total. The molecule has 178 valence electrons. The average Bonchev–Trinajstić information content (AvgIpc) is 3.45. The van der Waals surface area contributed by atoms with Gasteiger partial charge in [0, 0.05) is 19.6 Å². The summed E-state index contributed by atoms with van der Waals surface area (Å²) in [5.41, 5.74) is 6.28. The van der Waals surface area contributed by atoms with Crippen LogP contribution in [-0.4, -0.2) is 73.5 Å². The van der Waals surface area contributed by atoms with Gasteiger partial charge in [0.25, 0.3) is 5.91 Å². The van der Waals surface area contributed by atoms with Crippen LogP contribution >= 0.6 is 11.8 Å². The second-order valence-electron chi connectivity index (χ2n) is 7.43. The number of hydrogen-bond donors (Lipinski definition) is 2. The van der Waals surface area contributed by atoms with Crippen LogP contribution in [0.1, 0.15) is 26.7 Å². The number of rotatable bonds is 11. The van der Waals surface area contributed by atoms with Gasteiger partial charge in [0.2, 0.25) is 11.7 Å². The van der Waals surface area contributed by atoms with Crippen molar-refractivity contribution in [2.45, 2.75) is 50.6 Å². The number of urea groups is 1. The zero-order valence-corrected chi connectivity index (χ0v) is 19.6. The highest BCUT2D eigenvalue weighted by atomic mass is 32.2. The minimum atomic E-state index is -0.970. The van der Waals surface area contributed by atoms with Crippen molar-refractivity contribution < 1.29 is 18.8 Å². The van der Waals surface area contributed by atoms with E-state index in [1.54, 1.807) is 36.0 Å². The van der Waals surface area contributed by atoms with E-state index in [1.165, 1.54) is 21.6 Å². The second kappa shape index (κ2) is 11.1. The number of amides is 4. The van der Waals surface area contributed by atoms with Gasteiger partial charge in [-0.2, -0.15) is 0 Å². The van der Waals surface area contributed by atoms with E-state index in [9.17, 15) is 14.4 Å². The Morgan fingerprint density at radius 2 is 2.18 bits per heavy atom. The molecule has 2 aromatic rings. The molecule has 12 heteroatoms. The Morgan fingerprint density at radius 3 is 2.82 bits per heavy atom. The summed E-state index contributed by atoms with van der Waals surface area (Å²) in [6.45, 7) is 8.64. The third-order valence-electron chi connectivity index (χ3n) is 5.29. The Balaban J connectivity index is 1.74. The summed E-state index contributed by atoms with van der Waals surface area (Å²) < 4.78 is 7.21. The molecule has 0 radical (unpaired) electrons. The molecule has 3 heterocycles. The molecule has 33 heavy (non-hydrogen) atoms. The van der Waals surface area contributed by atoms with Crippen molar-refractivity contribution in [1.29, 1.82) is 0 Å². The fraction of sp³-hybridized carbons (Fsp3) is 0.476. The molecule has 0 spiro atoms. The van der Waals surface area contributed by atoms with Crippen LogP contribution in [0.25, 0.3) is 11.6 Å². The Labute approximate surface area is 196 Å². The first-order chi connectivity index (χ1) is 15.9. The van der Waals surface area contributed by atoms with Gasteiger partial charge in [-0.25, -0.2) is 4.79 Å². The molecule has 0 saturated carbocycles. The van der Waals surface area contributed by atoms with Gasteiger partial charge in [-0.1, -0.05) is 31.2 Å². The molecule has 2 atom stereocenters. The average molecular weight is 476 g/mol.